The van der Waals surface area contributed by atoms with Crippen molar-refractivity contribution in [3.63, 3.8) is 0 Å². The number of imide groups is 1. The molecule has 2 aromatic rings. The number of thiazole rings is 1. The maximum Gasteiger partial charge on any atom is 0.416 e. The normalized spacial score (nSPS) is 18.5. The van der Waals surface area contributed by atoms with Gasteiger partial charge in [-0.2, -0.15) is 0 Å². The highest BCUT2D eigenvalue weighted by Gasteiger charge is 2.44. The fraction of sp³-hybridized carbons (Fsp3) is 0.519. The van der Waals surface area contributed by atoms with Crippen molar-refractivity contribution in [3.8, 4) is 0 Å². The van der Waals surface area contributed by atoms with Gasteiger partial charge in [0, 0.05) is 5.38 Å². The quantitative estimate of drug-likeness (QED) is 0.321. The van der Waals surface area contributed by atoms with Crippen LogP contribution in [0.15, 0.2) is 41.3 Å². The Morgan fingerprint density at radius 1 is 1.26 bits per heavy atom. The Kier molecular flexibility index (Phi) is 9.44. The first kappa shape index (κ1) is 27.3. The molecule has 1 aliphatic rings. The van der Waals surface area contributed by atoms with Crippen molar-refractivity contribution in [2.24, 2.45) is 5.92 Å². The van der Waals surface area contributed by atoms with E-state index < -0.39 is 26.4 Å². The lowest BCUT2D eigenvalue weighted by Gasteiger charge is -2.37. The van der Waals surface area contributed by atoms with Crippen LogP contribution in [0.2, 0.25) is 18.1 Å². The van der Waals surface area contributed by atoms with Gasteiger partial charge in [-0.05, 0) is 55.6 Å². The van der Waals surface area contributed by atoms with E-state index in [-0.39, 0.29) is 18.6 Å². The maximum absolute atomic E-state index is 13.8. The standard InChI is InChI=1S/C27H38N2O4SSi/c1-7-35(8-2,9-3)33-25(19(4)15-23-18-34-21(6)28-23)20(5)26(30)29-24(17-32-27(29)31)16-22-13-11-10-12-14-22/h10-15,18,20,24-25H,7-9,16-17H2,1-6H3/b19-15+. The van der Waals surface area contributed by atoms with Gasteiger partial charge in [-0.15, -0.1) is 11.3 Å². The van der Waals surface area contributed by atoms with Crippen LogP contribution < -0.4 is 0 Å². The van der Waals surface area contributed by atoms with E-state index in [4.69, 9.17) is 9.16 Å². The number of amides is 2. The van der Waals surface area contributed by atoms with Gasteiger partial charge < -0.3 is 9.16 Å². The van der Waals surface area contributed by atoms with Gasteiger partial charge in [0.1, 0.15) is 6.61 Å². The summed E-state index contributed by atoms with van der Waals surface area (Å²) in [7, 11) is -2.04. The number of aryl methyl sites for hydroxylation is 1. The van der Waals surface area contributed by atoms with Gasteiger partial charge in [-0.25, -0.2) is 14.7 Å². The topological polar surface area (TPSA) is 68.7 Å². The summed E-state index contributed by atoms with van der Waals surface area (Å²) in [5.41, 5.74) is 2.89. The second kappa shape index (κ2) is 12.1. The molecule has 1 aliphatic heterocycles. The minimum Gasteiger partial charge on any atom is -0.447 e. The fourth-order valence-electron chi connectivity index (χ4n) is 4.74. The third-order valence-corrected chi connectivity index (χ3v) is 12.5. The third-order valence-electron chi connectivity index (χ3n) is 7.13. The molecule has 35 heavy (non-hydrogen) atoms. The summed E-state index contributed by atoms with van der Waals surface area (Å²) < 4.78 is 12.2. The first-order chi connectivity index (χ1) is 16.7. The van der Waals surface area contributed by atoms with Crippen LogP contribution >= 0.6 is 11.3 Å². The smallest absolute Gasteiger partial charge is 0.416 e. The lowest BCUT2D eigenvalue weighted by Crippen LogP contribution is -2.49. The molecular weight excluding hydrogens is 476 g/mol. The van der Waals surface area contributed by atoms with Crippen molar-refractivity contribution in [1.82, 2.24) is 9.88 Å². The molecule has 2 amide bonds. The molecule has 0 radical (unpaired) electrons. The van der Waals surface area contributed by atoms with Crippen molar-refractivity contribution in [2.75, 3.05) is 6.61 Å². The van der Waals surface area contributed by atoms with Crippen LogP contribution in [0.5, 0.6) is 0 Å². The van der Waals surface area contributed by atoms with Crippen LogP contribution in [-0.2, 0) is 20.4 Å². The Morgan fingerprint density at radius 3 is 2.49 bits per heavy atom. The van der Waals surface area contributed by atoms with E-state index in [1.807, 2.05) is 62.6 Å². The summed E-state index contributed by atoms with van der Waals surface area (Å²) in [5, 5.41) is 3.01. The van der Waals surface area contributed by atoms with Crippen molar-refractivity contribution in [1.29, 1.82) is 0 Å². The molecule has 0 bridgehead atoms. The van der Waals surface area contributed by atoms with Gasteiger partial charge in [0.15, 0.2) is 8.32 Å². The van der Waals surface area contributed by atoms with E-state index >= 15 is 0 Å². The zero-order valence-corrected chi connectivity index (χ0v) is 23.6. The van der Waals surface area contributed by atoms with E-state index in [2.05, 4.69) is 25.8 Å². The van der Waals surface area contributed by atoms with Crippen molar-refractivity contribution in [2.45, 2.75) is 78.2 Å². The second-order valence-electron chi connectivity index (χ2n) is 9.38. The summed E-state index contributed by atoms with van der Waals surface area (Å²) >= 11 is 1.60. The number of carbonyl (C=O) groups excluding carboxylic acids is 2. The third kappa shape index (κ3) is 6.48. The van der Waals surface area contributed by atoms with E-state index in [9.17, 15) is 9.59 Å². The molecule has 8 heteroatoms. The molecule has 0 spiro atoms. The van der Waals surface area contributed by atoms with Gasteiger partial charge >= 0.3 is 6.09 Å². The van der Waals surface area contributed by atoms with E-state index in [0.717, 1.165) is 40.0 Å². The highest BCUT2D eigenvalue weighted by atomic mass is 32.1. The first-order valence-corrected chi connectivity index (χ1v) is 16.0. The second-order valence-corrected chi connectivity index (χ2v) is 15.2. The minimum atomic E-state index is -2.04. The van der Waals surface area contributed by atoms with Gasteiger partial charge in [-0.3, -0.25) is 4.79 Å². The molecule has 0 aliphatic carbocycles. The highest BCUT2D eigenvalue weighted by Crippen LogP contribution is 2.32. The number of hydrogen-bond donors (Lipinski definition) is 0. The Morgan fingerprint density at radius 2 is 1.91 bits per heavy atom. The van der Waals surface area contributed by atoms with Crippen LogP contribution in [0, 0.1) is 12.8 Å². The molecule has 0 saturated carbocycles. The molecule has 1 aromatic heterocycles. The molecule has 1 saturated heterocycles. The van der Waals surface area contributed by atoms with Crippen LogP contribution in [0.25, 0.3) is 6.08 Å². The number of rotatable bonds is 11. The lowest BCUT2D eigenvalue weighted by atomic mass is 9.95. The molecule has 0 N–H and O–H groups in total. The monoisotopic (exact) mass is 514 g/mol. The zero-order chi connectivity index (χ0) is 25.6. The Hall–Kier alpha value is -2.29. The Labute approximate surface area is 214 Å². The maximum atomic E-state index is 13.8. The van der Waals surface area contributed by atoms with Crippen LogP contribution in [0.4, 0.5) is 4.79 Å². The van der Waals surface area contributed by atoms with Gasteiger partial charge in [0.25, 0.3) is 0 Å². The minimum absolute atomic E-state index is 0.211. The predicted octanol–water partition coefficient (Wildman–Crippen LogP) is 6.47. The number of nitrogens with zero attached hydrogens (tertiary/aromatic N) is 2. The van der Waals surface area contributed by atoms with Crippen LogP contribution in [0.1, 0.15) is 50.9 Å². The summed E-state index contributed by atoms with van der Waals surface area (Å²) in [6.45, 7) is 12.6. The molecule has 190 valence electrons. The number of carbonyl (C=O) groups is 2. The summed E-state index contributed by atoms with van der Waals surface area (Å²) in [4.78, 5) is 32.4. The number of benzene rings is 1. The highest BCUT2D eigenvalue weighted by molar-refractivity contribution is 7.09. The Balaban J connectivity index is 1.91. The molecular formula is C27H38N2O4SSi. The van der Waals surface area contributed by atoms with Gasteiger partial charge in [0.2, 0.25) is 5.91 Å². The summed E-state index contributed by atoms with van der Waals surface area (Å²) in [6.07, 6.45) is 1.59. The van der Waals surface area contributed by atoms with Crippen molar-refractivity contribution < 1.29 is 18.8 Å². The fourth-order valence-corrected chi connectivity index (χ4v) is 8.24. The van der Waals surface area contributed by atoms with Crippen LogP contribution in [-0.4, -0.2) is 49.0 Å². The van der Waals surface area contributed by atoms with E-state index in [1.54, 1.807) is 11.3 Å². The van der Waals surface area contributed by atoms with Crippen molar-refractivity contribution in [3.05, 3.63) is 57.6 Å². The van der Waals surface area contributed by atoms with E-state index in [0.29, 0.717) is 6.42 Å². The average Bonchev–Trinajstić information content (AvgIpc) is 3.44. The predicted molar refractivity (Wildman–Crippen MR) is 144 cm³/mol. The SMILES string of the molecule is CC[Si](CC)(CC)OC(/C(C)=C/c1csc(C)n1)C(C)C(=O)N1C(=O)OCC1Cc1ccccc1. The summed E-state index contributed by atoms with van der Waals surface area (Å²) in [6, 6.07) is 12.5. The molecule has 1 fully saturated rings. The summed E-state index contributed by atoms with van der Waals surface area (Å²) in [5.74, 6) is -0.779. The molecule has 2 heterocycles. The van der Waals surface area contributed by atoms with Crippen molar-refractivity contribution >= 4 is 37.7 Å². The average molecular weight is 515 g/mol. The largest absolute Gasteiger partial charge is 0.447 e. The number of aromatic nitrogens is 1. The number of cyclic esters (lactones) is 1. The first-order valence-electron chi connectivity index (χ1n) is 12.6. The lowest BCUT2D eigenvalue weighted by molar-refractivity contribution is -0.135. The molecule has 1 aromatic carbocycles. The molecule has 3 atom stereocenters. The molecule has 6 nitrogen and oxygen atoms in total. The number of hydrogen-bond acceptors (Lipinski definition) is 6. The Bertz CT molecular complexity index is 1030. The zero-order valence-electron chi connectivity index (χ0n) is 21.7. The molecule has 3 rings (SSSR count). The van der Waals surface area contributed by atoms with Gasteiger partial charge in [0.05, 0.1) is 28.8 Å². The van der Waals surface area contributed by atoms with Gasteiger partial charge in [-0.1, -0.05) is 58.0 Å². The number of ether oxygens (including phenoxy) is 1. The van der Waals surface area contributed by atoms with Crippen LogP contribution in [0.3, 0.4) is 0 Å². The van der Waals surface area contributed by atoms with E-state index in [1.165, 1.54) is 4.90 Å². The molecule has 3 unspecified atom stereocenters.